The van der Waals surface area contributed by atoms with Gasteiger partial charge in [0.05, 0.1) is 12.7 Å². The zero-order chi connectivity index (χ0) is 12.0. The van der Waals surface area contributed by atoms with E-state index in [1.807, 2.05) is 6.92 Å². The summed E-state index contributed by atoms with van der Waals surface area (Å²) >= 11 is 0. The van der Waals surface area contributed by atoms with E-state index in [9.17, 15) is 9.18 Å². The monoisotopic (exact) mass is 225 g/mol. The van der Waals surface area contributed by atoms with E-state index in [0.717, 1.165) is 11.8 Å². The molecule has 0 saturated carbocycles. The molecule has 88 valence electrons. The molecule has 0 aliphatic heterocycles. The second kappa shape index (κ2) is 6.17. The highest BCUT2D eigenvalue weighted by molar-refractivity contribution is 5.77. The van der Waals surface area contributed by atoms with Crippen molar-refractivity contribution in [2.45, 2.75) is 13.5 Å². The molecule has 1 aromatic heterocycles. The van der Waals surface area contributed by atoms with Gasteiger partial charge in [-0.25, -0.2) is 4.39 Å². The Hall–Kier alpha value is -1.49. The lowest BCUT2D eigenvalue weighted by atomic mass is 10.3. The molecule has 1 heterocycles. The van der Waals surface area contributed by atoms with Gasteiger partial charge >= 0.3 is 0 Å². The highest BCUT2D eigenvalue weighted by Gasteiger charge is 2.05. The van der Waals surface area contributed by atoms with Crippen molar-refractivity contribution < 1.29 is 9.18 Å². The first-order valence-corrected chi connectivity index (χ1v) is 5.17. The Balaban J connectivity index is 2.33. The lowest BCUT2D eigenvalue weighted by Crippen LogP contribution is -2.35. The van der Waals surface area contributed by atoms with Crippen molar-refractivity contribution in [1.29, 1.82) is 0 Å². The molecule has 1 aromatic rings. The maximum absolute atomic E-state index is 12.8. The van der Waals surface area contributed by atoms with Gasteiger partial charge in [0.1, 0.15) is 5.82 Å². The van der Waals surface area contributed by atoms with Crippen LogP contribution in [0.3, 0.4) is 0 Å². The summed E-state index contributed by atoms with van der Waals surface area (Å²) in [6.45, 7) is 3.28. The number of nitrogens with one attached hydrogen (secondary N) is 1. The second-order valence-corrected chi connectivity index (χ2v) is 3.52. The van der Waals surface area contributed by atoms with Gasteiger partial charge in [-0.15, -0.1) is 0 Å². The minimum absolute atomic E-state index is 0.0202. The molecule has 0 aromatic carbocycles. The fraction of sp³-hybridized carbons (Fsp3) is 0.455. The van der Waals surface area contributed by atoms with Crippen LogP contribution in [0.5, 0.6) is 0 Å². The van der Waals surface area contributed by atoms with Gasteiger partial charge < -0.3 is 10.2 Å². The van der Waals surface area contributed by atoms with Crippen LogP contribution < -0.4 is 5.32 Å². The highest BCUT2D eigenvalue weighted by Crippen LogP contribution is 1.99. The Kier molecular flexibility index (Phi) is 4.85. The average molecular weight is 225 g/mol. The fourth-order valence-corrected chi connectivity index (χ4v) is 1.18. The van der Waals surface area contributed by atoms with Gasteiger partial charge in [0.15, 0.2) is 0 Å². The van der Waals surface area contributed by atoms with E-state index < -0.39 is 0 Å². The van der Waals surface area contributed by atoms with E-state index in [1.165, 1.54) is 6.07 Å². The third-order valence-electron chi connectivity index (χ3n) is 2.27. The van der Waals surface area contributed by atoms with Crippen molar-refractivity contribution in [1.82, 2.24) is 15.2 Å². The Morgan fingerprint density at radius 2 is 2.31 bits per heavy atom. The van der Waals surface area contributed by atoms with Crippen molar-refractivity contribution in [3.63, 3.8) is 0 Å². The van der Waals surface area contributed by atoms with E-state index in [2.05, 4.69) is 10.3 Å². The molecule has 4 nitrogen and oxygen atoms in total. The molecule has 1 N–H and O–H groups in total. The van der Waals surface area contributed by atoms with Gasteiger partial charge in [-0.2, -0.15) is 0 Å². The third kappa shape index (κ3) is 3.94. The van der Waals surface area contributed by atoms with Gasteiger partial charge in [-0.1, -0.05) is 0 Å². The number of likely N-dealkylation sites (N-methyl/N-ethyl adjacent to an activating group) is 1. The summed E-state index contributed by atoms with van der Waals surface area (Å²) < 4.78 is 12.8. The van der Waals surface area contributed by atoms with E-state index in [-0.39, 0.29) is 18.3 Å². The number of rotatable bonds is 5. The molecule has 0 saturated heterocycles. The first-order valence-electron chi connectivity index (χ1n) is 5.17. The maximum atomic E-state index is 12.8. The summed E-state index contributed by atoms with van der Waals surface area (Å²) in [5, 5.41) is 2.95. The maximum Gasteiger partial charge on any atom is 0.236 e. The van der Waals surface area contributed by atoms with Crippen molar-refractivity contribution in [3.05, 3.63) is 29.8 Å². The molecule has 1 rings (SSSR count). The molecule has 0 aliphatic carbocycles. The number of nitrogens with zero attached hydrogens (tertiary/aromatic N) is 2. The Morgan fingerprint density at radius 1 is 1.56 bits per heavy atom. The molecule has 0 fully saturated rings. The van der Waals surface area contributed by atoms with Crippen LogP contribution >= 0.6 is 0 Å². The summed E-state index contributed by atoms with van der Waals surface area (Å²) in [7, 11) is 1.74. The first kappa shape index (κ1) is 12.6. The predicted octanol–water partition coefficient (Wildman–Crippen LogP) is 0.789. The van der Waals surface area contributed by atoms with Gasteiger partial charge in [0, 0.05) is 26.3 Å². The number of carbonyl (C=O) groups is 1. The lowest BCUT2D eigenvalue weighted by molar-refractivity contribution is -0.128. The lowest BCUT2D eigenvalue weighted by Gasteiger charge is -2.14. The Morgan fingerprint density at radius 3 is 2.94 bits per heavy atom. The second-order valence-electron chi connectivity index (χ2n) is 3.52. The number of hydrogen-bond donors (Lipinski definition) is 1. The molecule has 0 spiro atoms. The molecular weight excluding hydrogens is 209 g/mol. The molecule has 0 radical (unpaired) electrons. The number of aromatic nitrogens is 1. The van der Waals surface area contributed by atoms with E-state index >= 15 is 0 Å². The van der Waals surface area contributed by atoms with Crippen molar-refractivity contribution >= 4 is 5.91 Å². The van der Waals surface area contributed by atoms with Crippen LogP contribution in [0.25, 0.3) is 0 Å². The molecule has 0 atom stereocenters. The Labute approximate surface area is 94.5 Å². The van der Waals surface area contributed by atoms with Crippen LogP contribution in [0.1, 0.15) is 12.5 Å². The smallest absolute Gasteiger partial charge is 0.236 e. The summed E-state index contributed by atoms with van der Waals surface area (Å²) in [4.78, 5) is 16.7. The van der Waals surface area contributed by atoms with Crippen LogP contribution in [-0.2, 0) is 11.3 Å². The molecule has 0 aliphatic rings. The largest absolute Gasteiger partial charge is 0.345 e. The van der Waals surface area contributed by atoms with Crippen LogP contribution in [0.15, 0.2) is 18.5 Å². The van der Waals surface area contributed by atoms with Crippen molar-refractivity contribution in [2.75, 3.05) is 20.1 Å². The highest BCUT2D eigenvalue weighted by atomic mass is 19.1. The van der Waals surface area contributed by atoms with Gasteiger partial charge in [-0.3, -0.25) is 9.78 Å². The van der Waals surface area contributed by atoms with E-state index in [0.29, 0.717) is 13.1 Å². The van der Waals surface area contributed by atoms with Crippen LogP contribution in [0.4, 0.5) is 4.39 Å². The van der Waals surface area contributed by atoms with Crippen LogP contribution in [-0.4, -0.2) is 35.9 Å². The average Bonchev–Trinajstić information content (AvgIpc) is 2.28. The molecule has 1 amide bonds. The summed E-state index contributed by atoms with van der Waals surface area (Å²) in [5.74, 6) is -0.344. The molecule has 5 heteroatoms. The van der Waals surface area contributed by atoms with Crippen LogP contribution in [0.2, 0.25) is 0 Å². The number of amides is 1. The van der Waals surface area contributed by atoms with Gasteiger partial charge in [-0.05, 0) is 18.6 Å². The SMILES string of the molecule is CCN(C)C(=O)CNCc1cncc(F)c1. The number of pyridine rings is 1. The van der Waals surface area contributed by atoms with Gasteiger partial charge in [0.25, 0.3) is 0 Å². The van der Waals surface area contributed by atoms with E-state index in [1.54, 1.807) is 18.1 Å². The quantitative estimate of drug-likeness (QED) is 0.805. The fourth-order valence-electron chi connectivity index (χ4n) is 1.18. The summed E-state index contributed by atoms with van der Waals surface area (Å²) in [6, 6.07) is 1.40. The third-order valence-corrected chi connectivity index (χ3v) is 2.27. The number of carbonyl (C=O) groups excluding carboxylic acids is 1. The van der Waals surface area contributed by atoms with E-state index in [4.69, 9.17) is 0 Å². The predicted molar refractivity (Wildman–Crippen MR) is 59.2 cm³/mol. The van der Waals surface area contributed by atoms with Crippen LogP contribution in [0, 0.1) is 5.82 Å². The first-order chi connectivity index (χ1) is 7.63. The molecular formula is C11H16FN3O. The number of halogens is 1. The molecule has 16 heavy (non-hydrogen) atoms. The molecule has 0 unspecified atom stereocenters. The van der Waals surface area contributed by atoms with Gasteiger partial charge in [0.2, 0.25) is 5.91 Å². The Bertz CT molecular complexity index is 357. The minimum Gasteiger partial charge on any atom is -0.345 e. The summed E-state index contributed by atoms with van der Waals surface area (Å²) in [5.41, 5.74) is 0.729. The zero-order valence-corrected chi connectivity index (χ0v) is 9.53. The standard InChI is InChI=1S/C11H16FN3O/c1-3-15(2)11(16)8-14-6-9-4-10(12)7-13-5-9/h4-5,7,14H,3,6,8H2,1-2H3. The zero-order valence-electron chi connectivity index (χ0n) is 9.53. The summed E-state index contributed by atoms with van der Waals surface area (Å²) in [6.07, 6.45) is 2.73. The van der Waals surface area contributed by atoms with Crippen molar-refractivity contribution in [2.24, 2.45) is 0 Å². The topological polar surface area (TPSA) is 45.2 Å². The number of hydrogen-bond acceptors (Lipinski definition) is 3. The normalized spacial score (nSPS) is 10.2. The van der Waals surface area contributed by atoms with Crippen molar-refractivity contribution in [3.8, 4) is 0 Å². The minimum atomic E-state index is -0.365. The molecule has 0 bridgehead atoms.